The van der Waals surface area contributed by atoms with Crippen molar-refractivity contribution in [1.29, 1.82) is 0 Å². The first-order valence-electron chi connectivity index (χ1n) is 3.82. The van der Waals surface area contributed by atoms with Crippen molar-refractivity contribution < 1.29 is 69.1 Å². The van der Waals surface area contributed by atoms with E-state index in [4.69, 9.17) is 0 Å². The minimum Gasteiger partial charge on any atom is -0.448 e. The van der Waals surface area contributed by atoms with Crippen LogP contribution in [0.2, 0.25) is 0 Å². The van der Waals surface area contributed by atoms with Gasteiger partial charge in [0.15, 0.2) is 0 Å². The Morgan fingerprint density at radius 3 is 1.93 bits per heavy atom. The quantitative estimate of drug-likeness (QED) is 0.500. The molecule has 0 rings (SSSR count). The van der Waals surface area contributed by atoms with E-state index in [2.05, 4.69) is 0 Å². The Labute approximate surface area is 124 Å². The van der Waals surface area contributed by atoms with E-state index in [1.165, 1.54) is 26.0 Å². The summed E-state index contributed by atoms with van der Waals surface area (Å²) in [5.41, 5.74) is 0. The zero-order chi connectivity index (χ0) is 10.6. The van der Waals surface area contributed by atoms with Crippen molar-refractivity contribution in [3.8, 4) is 0 Å². The number of carbonyl (C=O) groups is 1. The van der Waals surface area contributed by atoms with Crippen molar-refractivity contribution in [2.45, 2.75) is 0 Å². The number of hydrogen-bond donors (Lipinski definition) is 0. The third-order valence-corrected chi connectivity index (χ3v) is 1.42. The Hall–Kier alpha value is 0.921. The van der Waals surface area contributed by atoms with Crippen molar-refractivity contribution in [2.75, 3.05) is 34.1 Å². The van der Waals surface area contributed by atoms with Gasteiger partial charge in [-0.1, -0.05) is 0 Å². The minimum atomic E-state index is -4.84. The van der Waals surface area contributed by atoms with Crippen molar-refractivity contribution in [3.63, 3.8) is 0 Å². The van der Waals surface area contributed by atoms with Crippen LogP contribution in [-0.4, -0.2) is 56.8 Å². The predicted molar refractivity (Wildman–Crippen MR) is 45.3 cm³/mol. The fraction of sp³-hybridized carbons (Fsp3) is 0.833. The molecule has 0 aliphatic heterocycles. The van der Waals surface area contributed by atoms with E-state index in [9.17, 15) is 17.7 Å². The number of rotatable bonds is 4. The van der Waals surface area contributed by atoms with Gasteiger partial charge in [0.05, 0.1) is 6.54 Å². The largest absolute Gasteiger partial charge is 1.00 e. The fourth-order valence-corrected chi connectivity index (χ4v) is 0.790. The number of nitrogens with zero attached hydrogens (tertiary/aromatic N) is 2. The second-order valence-corrected chi connectivity index (χ2v) is 3.20. The molecule has 0 saturated heterocycles. The zero-order valence-electron chi connectivity index (χ0n) is 8.93. The molecule has 0 heterocycles. The van der Waals surface area contributed by atoms with Gasteiger partial charge in [0.2, 0.25) is 5.91 Å². The van der Waals surface area contributed by atoms with Crippen LogP contribution in [0.15, 0.2) is 0 Å². The van der Waals surface area contributed by atoms with Gasteiger partial charge in [0.1, 0.15) is 0 Å². The van der Waals surface area contributed by atoms with Gasteiger partial charge in [-0.2, -0.15) is 0 Å². The maximum atomic E-state index is 11.9. The number of amides is 1. The molecule has 0 aliphatic carbocycles. The molecule has 0 fully saturated rings. The van der Waals surface area contributed by atoms with E-state index >= 15 is 0 Å². The van der Waals surface area contributed by atoms with Gasteiger partial charge in [0, 0.05) is 14.1 Å². The SMILES string of the molecule is CN(CC(=O)N(C)C)C[B-](F)(F)F.[K+]. The van der Waals surface area contributed by atoms with E-state index < -0.39 is 13.4 Å². The van der Waals surface area contributed by atoms with Gasteiger partial charge in [-0.05, 0) is 13.5 Å². The summed E-state index contributed by atoms with van der Waals surface area (Å²) in [6.45, 7) is -5.04. The summed E-state index contributed by atoms with van der Waals surface area (Å²) in [5, 5.41) is 0. The predicted octanol–water partition coefficient (Wildman–Crippen LogP) is -2.60. The molecule has 0 aliphatic rings. The molecular formula is C6H13BF3KN2O. The molecule has 14 heavy (non-hydrogen) atoms. The van der Waals surface area contributed by atoms with Gasteiger partial charge < -0.3 is 22.7 Å². The summed E-state index contributed by atoms with van der Waals surface area (Å²) in [4.78, 5) is 13.2. The van der Waals surface area contributed by atoms with Crippen molar-refractivity contribution >= 4 is 12.9 Å². The van der Waals surface area contributed by atoms with Crippen LogP contribution >= 0.6 is 0 Å². The summed E-state index contributed by atoms with van der Waals surface area (Å²) >= 11 is 0. The second-order valence-electron chi connectivity index (χ2n) is 3.20. The van der Waals surface area contributed by atoms with Crippen molar-refractivity contribution in [1.82, 2.24) is 9.80 Å². The smallest absolute Gasteiger partial charge is 0.448 e. The molecule has 0 aromatic rings. The van der Waals surface area contributed by atoms with E-state index in [1.807, 2.05) is 0 Å². The third kappa shape index (κ3) is 9.48. The van der Waals surface area contributed by atoms with Gasteiger partial charge in [-0.25, -0.2) is 0 Å². The molecule has 0 radical (unpaired) electrons. The summed E-state index contributed by atoms with van der Waals surface area (Å²) in [7, 11) is 4.29. The van der Waals surface area contributed by atoms with Gasteiger partial charge in [0.25, 0.3) is 0 Å². The average Bonchev–Trinajstić information content (AvgIpc) is 1.81. The Kier molecular flexibility index (Phi) is 8.95. The summed E-state index contributed by atoms with van der Waals surface area (Å²) in [6.07, 6.45) is -1.00. The molecule has 0 aromatic carbocycles. The van der Waals surface area contributed by atoms with Crippen LogP contribution in [0.3, 0.4) is 0 Å². The average molecular weight is 236 g/mol. The first kappa shape index (κ1) is 17.3. The number of hydrogen-bond acceptors (Lipinski definition) is 2. The van der Waals surface area contributed by atoms with Crippen LogP contribution in [0.1, 0.15) is 0 Å². The Morgan fingerprint density at radius 1 is 1.21 bits per heavy atom. The standard InChI is InChI=1S/C6H13BF3N2O.K/c1-11(2)6(13)4-12(3)5-7(8,9)10;/h4-5H2,1-3H3;/q-1;+1. The number of carbonyl (C=O) groups excluding carboxylic acids is 1. The zero-order valence-corrected chi connectivity index (χ0v) is 12.1. The molecule has 78 valence electrons. The molecule has 1 amide bonds. The van der Waals surface area contributed by atoms with Crippen LogP contribution in [0.4, 0.5) is 12.9 Å². The fourth-order valence-electron chi connectivity index (χ4n) is 0.790. The molecule has 0 N–H and O–H groups in total. The molecular weight excluding hydrogens is 223 g/mol. The molecule has 0 unspecified atom stereocenters. The van der Waals surface area contributed by atoms with E-state index in [0.717, 1.165) is 4.90 Å². The topological polar surface area (TPSA) is 23.6 Å². The number of likely N-dealkylation sites (N-methyl/N-ethyl adjacent to an activating group) is 2. The van der Waals surface area contributed by atoms with Crippen LogP contribution in [0.5, 0.6) is 0 Å². The minimum absolute atomic E-state index is 0. The molecule has 8 heteroatoms. The first-order chi connectivity index (χ1) is 5.72. The summed E-state index contributed by atoms with van der Waals surface area (Å²) in [6, 6.07) is 0. The van der Waals surface area contributed by atoms with E-state index in [-0.39, 0.29) is 63.8 Å². The third-order valence-electron chi connectivity index (χ3n) is 1.42. The second kappa shape index (κ2) is 7.24. The Bertz CT molecular complexity index is 188. The Balaban J connectivity index is 0. The van der Waals surface area contributed by atoms with Crippen LogP contribution in [-0.2, 0) is 4.79 Å². The first-order valence-corrected chi connectivity index (χ1v) is 3.82. The number of halogens is 3. The molecule has 0 saturated carbocycles. The maximum absolute atomic E-state index is 11.9. The van der Waals surface area contributed by atoms with Crippen LogP contribution in [0.25, 0.3) is 0 Å². The van der Waals surface area contributed by atoms with Crippen LogP contribution in [0, 0.1) is 0 Å². The maximum Gasteiger partial charge on any atom is 1.00 e. The van der Waals surface area contributed by atoms with E-state index in [1.54, 1.807) is 0 Å². The Morgan fingerprint density at radius 2 is 1.64 bits per heavy atom. The normalized spacial score (nSPS) is 11.1. The van der Waals surface area contributed by atoms with Gasteiger partial charge >= 0.3 is 58.4 Å². The molecule has 0 atom stereocenters. The van der Waals surface area contributed by atoms with Crippen molar-refractivity contribution in [3.05, 3.63) is 0 Å². The molecule has 0 bridgehead atoms. The van der Waals surface area contributed by atoms with E-state index in [0.29, 0.717) is 0 Å². The monoisotopic (exact) mass is 236 g/mol. The van der Waals surface area contributed by atoms with Gasteiger partial charge in [-0.15, -0.1) is 0 Å². The van der Waals surface area contributed by atoms with Gasteiger partial charge in [-0.3, -0.25) is 4.79 Å². The van der Waals surface area contributed by atoms with Crippen LogP contribution < -0.4 is 51.4 Å². The molecule has 0 spiro atoms. The molecule has 3 nitrogen and oxygen atoms in total. The summed E-state index contributed by atoms with van der Waals surface area (Å²) < 4.78 is 35.6. The molecule has 0 aromatic heterocycles. The van der Waals surface area contributed by atoms with Crippen molar-refractivity contribution in [2.24, 2.45) is 0 Å². The summed E-state index contributed by atoms with van der Waals surface area (Å²) in [5.74, 6) is -0.331.